The van der Waals surface area contributed by atoms with Crippen LogP contribution in [-0.4, -0.2) is 32.5 Å². The van der Waals surface area contributed by atoms with Gasteiger partial charge >= 0.3 is 0 Å². The van der Waals surface area contributed by atoms with Crippen molar-refractivity contribution in [3.05, 3.63) is 71.3 Å². The van der Waals surface area contributed by atoms with E-state index in [0.29, 0.717) is 29.7 Å². The normalized spacial score (nSPS) is 16.7. The number of aromatic nitrogens is 3. The van der Waals surface area contributed by atoms with Crippen molar-refractivity contribution < 1.29 is 9.18 Å². The van der Waals surface area contributed by atoms with E-state index in [9.17, 15) is 9.18 Å². The molecule has 6 heteroatoms. The molecular weight excluding hydrogens is 355 g/mol. The van der Waals surface area contributed by atoms with Gasteiger partial charge in [0.15, 0.2) is 5.82 Å². The summed E-state index contributed by atoms with van der Waals surface area (Å²) in [5.74, 6) is 1.33. The van der Waals surface area contributed by atoms with Crippen LogP contribution in [0.1, 0.15) is 60.4 Å². The number of carbonyl (C=O) groups excluding carboxylic acids is 1. The molecule has 2 aromatic carbocycles. The fraction of sp³-hybridized carbons (Fsp3) is 0.318. The summed E-state index contributed by atoms with van der Waals surface area (Å²) in [7, 11) is 0. The molecule has 1 aromatic heterocycles. The molecule has 0 radical (unpaired) electrons. The maximum atomic E-state index is 13.1. The molecule has 1 amide bonds. The molecule has 2 heterocycles. The fourth-order valence-electron chi connectivity index (χ4n) is 3.62. The van der Waals surface area contributed by atoms with Crippen molar-refractivity contribution in [2.24, 2.45) is 0 Å². The largest absolute Gasteiger partial charge is 0.328 e. The van der Waals surface area contributed by atoms with Crippen LogP contribution in [0.5, 0.6) is 0 Å². The lowest BCUT2D eigenvalue weighted by Gasteiger charge is -2.23. The third-order valence-electron chi connectivity index (χ3n) is 5.26. The Bertz CT molecular complexity index is 963. The summed E-state index contributed by atoms with van der Waals surface area (Å²) in [5, 5.41) is 7.23. The van der Waals surface area contributed by atoms with E-state index < -0.39 is 0 Å². The van der Waals surface area contributed by atoms with Gasteiger partial charge in [0.05, 0.1) is 6.04 Å². The van der Waals surface area contributed by atoms with Gasteiger partial charge in [-0.15, -0.1) is 0 Å². The molecule has 1 aliphatic rings. The summed E-state index contributed by atoms with van der Waals surface area (Å²) in [6.45, 7) is 4.97. The molecular formula is C22H23FN4O. The number of hydrogen-bond donors (Lipinski definition) is 1. The van der Waals surface area contributed by atoms with Crippen LogP contribution in [0.15, 0.2) is 48.5 Å². The Balaban J connectivity index is 1.55. The van der Waals surface area contributed by atoms with Crippen LogP contribution in [0.25, 0.3) is 11.4 Å². The number of nitrogens with one attached hydrogen (secondary N) is 1. The van der Waals surface area contributed by atoms with Crippen LogP contribution in [0.3, 0.4) is 0 Å². The van der Waals surface area contributed by atoms with Gasteiger partial charge in [0.25, 0.3) is 5.91 Å². The summed E-state index contributed by atoms with van der Waals surface area (Å²) in [6, 6.07) is 13.8. The highest BCUT2D eigenvalue weighted by Gasteiger charge is 2.33. The molecule has 1 fully saturated rings. The summed E-state index contributed by atoms with van der Waals surface area (Å²) in [6.07, 6.45) is 1.76. The fourth-order valence-corrected chi connectivity index (χ4v) is 3.62. The van der Waals surface area contributed by atoms with E-state index in [1.165, 1.54) is 17.7 Å². The standard InChI is InChI=1S/C22H23FN4O/c1-14(2)15-5-7-17(8-6-15)22(28)27-13-3-4-19(27)21-24-20(25-26-21)16-9-11-18(23)12-10-16/h5-12,14,19H,3-4,13H2,1-2H3,(H,24,25,26). The Morgan fingerprint density at radius 2 is 1.86 bits per heavy atom. The number of halogens is 1. The van der Waals surface area contributed by atoms with Crippen LogP contribution in [0.4, 0.5) is 4.39 Å². The zero-order chi connectivity index (χ0) is 19.7. The Morgan fingerprint density at radius 3 is 2.54 bits per heavy atom. The maximum absolute atomic E-state index is 13.1. The predicted octanol–water partition coefficient (Wildman–Crippen LogP) is 4.71. The van der Waals surface area contributed by atoms with Crippen molar-refractivity contribution in [2.75, 3.05) is 6.54 Å². The number of benzene rings is 2. The van der Waals surface area contributed by atoms with E-state index in [0.717, 1.165) is 18.4 Å². The first kappa shape index (κ1) is 18.3. The molecule has 5 nitrogen and oxygen atoms in total. The van der Waals surface area contributed by atoms with Gasteiger partial charge < -0.3 is 4.90 Å². The maximum Gasteiger partial charge on any atom is 0.254 e. The second-order valence-electron chi connectivity index (χ2n) is 7.48. The topological polar surface area (TPSA) is 61.9 Å². The predicted molar refractivity (Wildman–Crippen MR) is 105 cm³/mol. The van der Waals surface area contributed by atoms with Crippen molar-refractivity contribution in [2.45, 2.75) is 38.6 Å². The number of aromatic amines is 1. The van der Waals surface area contributed by atoms with Gasteiger partial charge in [0.1, 0.15) is 11.6 Å². The summed E-state index contributed by atoms with van der Waals surface area (Å²) < 4.78 is 13.1. The highest BCUT2D eigenvalue weighted by Crippen LogP contribution is 2.32. The van der Waals surface area contributed by atoms with Gasteiger partial charge in [-0.25, -0.2) is 9.37 Å². The first-order valence-electron chi connectivity index (χ1n) is 9.62. The molecule has 1 atom stereocenters. The molecule has 0 aliphatic carbocycles. The average Bonchev–Trinajstić information content (AvgIpc) is 3.37. The van der Waals surface area contributed by atoms with E-state index in [2.05, 4.69) is 29.0 Å². The lowest BCUT2D eigenvalue weighted by Crippen LogP contribution is -2.31. The van der Waals surface area contributed by atoms with Crippen LogP contribution in [0, 0.1) is 5.82 Å². The lowest BCUT2D eigenvalue weighted by molar-refractivity contribution is 0.0730. The third kappa shape index (κ3) is 3.54. The van der Waals surface area contributed by atoms with Gasteiger partial charge in [0.2, 0.25) is 0 Å². The van der Waals surface area contributed by atoms with Crippen LogP contribution < -0.4 is 0 Å². The molecule has 4 rings (SSSR count). The molecule has 1 N–H and O–H groups in total. The average molecular weight is 378 g/mol. The summed E-state index contributed by atoms with van der Waals surface area (Å²) >= 11 is 0. The van der Waals surface area contributed by atoms with Gasteiger partial charge in [0, 0.05) is 17.7 Å². The van der Waals surface area contributed by atoms with Crippen molar-refractivity contribution in [3.63, 3.8) is 0 Å². The lowest BCUT2D eigenvalue weighted by atomic mass is 10.0. The SMILES string of the molecule is CC(C)c1ccc(C(=O)N2CCCC2c2nc(-c3ccc(F)cc3)n[nH]2)cc1. The van der Waals surface area contributed by atoms with Gasteiger partial charge in [-0.1, -0.05) is 26.0 Å². The number of hydrogen-bond acceptors (Lipinski definition) is 3. The van der Waals surface area contributed by atoms with E-state index in [1.54, 1.807) is 12.1 Å². The summed E-state index contributed by atoms with van der Waals surface area (Å²) in [5.41, 5.74) is 2.65. The molecule has 28 heavy (non-hydrogen) atoms. The Hall–Kier alpha value is -3.02. The number of nitrogens with zero attached hydrogens (tertiary/aromatic N) is 3. The molecule has 0 bridgehead atoms. The van der Waals surface area contributed by atoms with E-state index in [4.69, 9.17) is 0 Å². The third-order valence-corrected chi connectivity index (χ3v) is 5.26. The molecule has 0 spiro atoms. The van der Waals surface area contributed by atoms with Gasteiger partial charge in [-0.3, -0.25) is 9.89 Å². The number of H-pyrrole nitrogens is 1. The van der Waals surface area contributed by atoms with E-state index in [-0.39, 0.29) is 17.8 Å². The van der Waals surface area contributed by atoms with E-state index >= 15 is 0 Å². The molecule has 1 aliphatic heterocycles. The quantitative estimate of drug-likeness (QED) is 0.715. The number of carbonyl (C=O) groups is 1. The van der Waals surface area contributed by atoms with Gasteiger partial charge in [-0.05, 0) is 60.7 Å². The van der Waals surface area contributed by atoms with Crippen LogP contribution in [0.2, 0.25) is 0 Å². The minimum absolute atomic E-state index is 0.0116. The Kier molecular flexibility index (Phi) is 4.94. The number of rotatable bonds is 4. The highest BCUT2D eigenvalue weighted by molar-refractivity contribution is 5.94. The molecule has 1 saturated heterocycles. The van der Waals surface area contributed by atoms with Gasteiger partial charge in [-0.2, -0.15) is 5.10 Å². The number of likely N-dealkylation sites (tertiary alicyclic amines) is 1. The monoisotopic (exact) mass is 378 g/mol. The zero-order valence-corrected chi connectivity index (χ0v) is 16.0. The second-order valence-corrected chi connectivity index (χ2v) is 7.48. The first-order chi connectivity index (χ1) is 13.5. The van der Waals surface area contributed by atoms with Crippen molar-refractivity contribution in [1.29, 1.82) is 0 Å². The molecule has 3 aromatic rings. The second kappa shape index (κ2) is 7.54. The minimum Gasteiger partial charge on any atom is -0.328 e. The molecule has 144 valence electrons. The van der Waals surface area contributed by atoms with Crippen molar-refractivity contribution >= 4 is 5.91 Å². The number of amides is 1. The van der Waals surface area contributed by atoms with E-state index in [1.807, 2.05) is 29.2 Å². The Labute approximate surface area is 163 Å². The molecule has 0 saturated carbocycles. The highest BCUT2D eigenvalue weighted by atomic mass is 19.1. The zero-order valence-electron chi connectivity index (χ0n) is 16.0. The first-order valence-corrected chi connectivity index (χ1v) is 9.62. The van der Waals surface area contributed by atoms with Crippen molar-refractivity contribution in [1.82, 2.24) is 20.1 Å². The van der Waals surface area contributed by atoms with Crippen LogP contribution in [-0.2, 0) is 0 Å². The Morgan fingerprint density at radius 1 is 1.14 bits per heavy atom. The smallest absolute Gasteiger partial charge is 0.254 e. The molecule has 1 unspecified atom stereocenters. The van der Waals surface area contributed by atoms with Crippen molar-refractivity contribution in [3.8, 4) is 11.4 Å². The summed E-state index contributed by atoms with van der Waals surface area (Å²) in [4.78, 5) is 19.5. The van der Waals surface area contributed by atoms with Crippen LogP contribution >= 0.6 is 0 Å². The minimum atomic E-state index is -0.296.